The zero-order chi connectivity index (χ0) is 27.3. The minimum Gasteiger partial charge on any atom is -0.496 e. The highest BCUT2D eigenvalue weighted by Gasteiger charge is 2.29. The Kier molecular flexibility index (Phi) is 8.36. The van der Waals surface area contributed by atoms with E-state index in [0.717, 1.165) is 4.31 Å². The van der Waals surface area contributed by atoms with E-state index in [0.29, 0.717) is 35.9 Å². The maximum Gasteiger partial charge on any atom is 0.264 e. The first-order valence-electron chi connectivity index (χ1n) is 11.8. The molecule has 1 fully saturated rings. The molecule has 10 nitrogen and oxygen atoms in total. The molecule has 202 valence electrons. The second kappa shape index (κ2) is 11.5. The second-order valence-corrected chi connectivity index (χ2v) is 12.4. The molecule has 1 aliphatic heterocycles. The highest BCUT2D eigenvalue weighted by atomic mass is 32.2. The first kappa shape index (κ1) is 27.6. The van der Waals surface area contributed by atoms with Gasteiger partial charge in [-0.1, -0.05) is 18.2 Å². The molecule has 1 amide bonds. The van der Waals surface area contributed by atoms with E-state index in [2.05, 4.69) is 5.32 Å². The molecule has 0 atom stereocenters. The number of sulfonamides is 2. The van der Waals surface area contributed by atoms with Crippen LogP contribution in [0.15, 0.2) is 82.6 Å². The highest BCUT2D eigenvalue weighted by Crippen LogP contribution is 2.27. The summed E-state index contributed by atoms with van der Waals surface area (Å²) in [7, 11) is -6.28. The van der Waals surface area contributed by atoms with Crippen molar-refractivity contribution in [2.45, 2.75) is 16.7 Å². The molecule has 0 saturated carbocycles. The second-order valence-electron chi connectivity index (χ2n) is 8.57. The number of amides is 1. The normalized spacial score (nSPS) is 14.6. The van der Waals surface area contributed by atoms with Crippen molar-refractivity contribution in [1.29, 1.82) is 0 Å². The number of para-hydroxylation sites is 1. The molecule has 0 aromatic heterocycles. The number of aryl methyl sites for hydroxylation is 1. The Morgan fingerprint density at radius 2 is 1.58 bits per heavy atom. The molecule has 0 spiro atoms. The van der Waals surface area contributed by atoms with E-state index in [9.17, 15) is 21.6 Å². The van der Waals surface area contributed by atoms with Crippen LogP contribution >= 0.6 is 0 Å². The third-order valence-corrected chi connectivity index (χ3v) is 9.71. The molecule has 0 unspecified atom stereocenters. The van der Waals surface area contributed by atoms with E-state index in [1.165, 1.54) is 47.8 Å². The van der Waals surface area contributed by atoms with Crippen molar-refractivity contribution in [2.24, 2.45) is 0 Å². The third kappa shape index (κ3) is 5.99. The van der Waals surface area contributed by atoms with Crippen LogP contribution in [-0.4, -0.2) is 67.0 Å². The van der Waals surface area contributed by atoms with Gasteiger partial charge in [-0.25, -0.2) is 16.8 Å². The lowest BCUT2D eigenvalue weighted by molar-refractivity contribution is -0.114. The molecule has 1 aliphatic rings. The van der Waals surface area contributed by atoms with Crippen molar-refractivity contribution >= 4 is 37.3 Å². The van der Waals surface area contributed by atoms with E-state index in [4.69, 9.17) is 9.47 Å². The van der Waals surface area contributed by atoms with Gasteiger partial charge in [0, 0.05) is 18.8 Å². The van der Waals surface area contributed by atoms with E-state index in [1.807, 2.05) is 0 Å². The monoisotopic (exact) mass is 559 g/mol. The Hall–Kier alpha value is -3.45. The van der Waals surface area contributed by atoms with Crippen LogP contribution in [0.5, 0.6) is 5.75 Å². The quantitative estimate of drug-likeness (QED) is 0.428. The zero-order valence-electron chi connectivity index (χ0n) is 21.0. The predicted molar refractivity (Wildman–Crippen MR) is 143 cm³/mol. The number of methoxy groups -OCH3 is 1. The van der Waals surface area contributed by atoms with Gasteiger partial charge in [0.25, 0.3) is 10.0 Å². The fourth-order valence-electron chi connectivity index (χ4n) is 4.03. The number of rotatable bonds is 9. The summed E-state index contributed by atoms with van der Waals surface area (Å²) >= 11 is 0. The number of hydrogen-bond donors (Lipinski definition) is 1. The summed E-state index contributed by atoms with van der Waals surface area (Å²) in [5.74, 6) is -0.0431. The molecule has 12 heteroatoms. The average molecular weight is 560 g/mol. The molecule has 1 heterocycles. The number of anilines is 2. The maximum atomic E-state index is 13.6. The van der Waals surface area contributed by atoms with Gasteiger partial charge in [0.05, 0.1) is 35.8 Å². The number of benzene rings is 3. The zero-order valence-corrected chi connectivity index (χ0v) is 22.7. The molecule has 3 aromatic rings. The van der Waals surface area contributed by atoms with Crippen molar-refractivity contribution in [3.63, 3.8) is 0 Å². The molecule has 0 aliphatic carbocycles. The molecule has 1 saturated heterocycles. The van der Waals surface area contributed by atoms with Crippen molar-refractivity contribution < 1.29 is 31.1 Å². The number of ether oxygens (including phenoxy) is 2. The van der Waals surface area contributed by atoms with Crippen LogP contribution < -0.4 is 14.4 Å². The first-order chi connectivity index (χ1) is 18.1. The number of morpholine rings is 1. The van der Waals surface area contributed by atoms with E-state index < -0.39 is 32.5 Å². The van der Waals surface area contributed by atoms with Crippen LogP contribution in [0.25, 0.3) is 0 Å². The summed E-state index contributed by atoms with van der Waals surface area (Å²) in [5, 5.41) is 2.66. The van der Waals surface area contributed by atoms with Gasteiger partial charge < -0.3 is 14.8 Å². The highest BCUT2D eigenvalue weighted by molar-refractivity contribution is 7.92. The van der Waals surface area contributed by atoms with Gasteiger partial charge in [-0.2, -0.15) is 4.31 Å². The van der Waals surface area contributed by atoms with Crippen LogP contribution in [0.2, 0.25) is 0 Å². The van der Waals surface area contributed by atoms with E-state index in [1.54, 1.807) is 43.3 Å². The topological polar surface area (TPSA) is 122 Å². The van der Waals surface area contributed by atoms with Crippen LogP contribution in [0, 0.1) is 6.92 Å². The Labute approximate surface area is 222 Å². The molecule has 4 rings (SSSR count). The van der Waals surface area contributed by atoms with Gasteiger partial charge in [0.2, 0.25) is 15.9 Å². The van der Waals surface area contributed by atoms with Crippen molar-refractivity contribution in [3.05, 3.63) is 78.4 Å². The van der Waals surface area contributed by atoms with Gasteiger partial charge in [-0.15, -0.1) is 0 Å². The van der Waals surface area contributed by atoms with Gasteiger partial charge in [0.15, 0.2) is 0 Å². The standard InChI is InChI=1S/C26H29N3O7S2/c1-20-18-24(12-13-25(20)35-2)38(33,34)29(22-6-4-3-5-7-22)19-26(30)27-21-8-10-23(11-9-21)37(31,32)28-14-16-36-17-15-28/h3-13,18H,14-17,19H2,1-2H3,(H,27,30). The van der Waals surface area contributed by atoms with E-state index in [-0.39, 0.29) is 22.9 Å². The number of carbonyl (C=O) groups is 1. The Balaban J connectivity index is 1.54. The molecular weight excluding hydrogens is 530 g/mol. The van der Waals surface area contributed by atoms with Crippen molar-refractivity contribution in [3.8, 4) is 5.75 Å². The third-order valence-electron chi connectivity index (χ3n) is 6.03. The lowest BCUT2D eigenvalue weighted by Gasteiger charge is -2.26. The molecule has 1 N–H and O–H groups in total. The lowest BCUT2D eigenvalue weighted by atomic mass is 10.2. The fraction of sp³-hybridized carbons (Fsp3) is 0.269. The Morgan fingerprint density at radius 1 is 0.947 bits per heavy atom. The van der Waals surface area contributed by atoms with Gasteiger partial charge in [0.1, 0.15) is 12.3 Å². The van der Waals surface area contributed by atoms with Crippen LogP contribution in [0.4, 0.5) is 11.4 Å². The summed E-state index contributed by atoms with van der Waals surface area (Å²) in [6.07, 6.45) is 0. The van der Waals surface area contributed by atoms with Crippen LogP contribution in [0.3, 0.4) is 0 Å². The minimum atomic E-state index is -4.11. The average Bonchev–Trinajstić information content (AvgIpc) is 2.93. The fourth-order valence-corrected chi connectivity index (χ4v) is 6.94. The Bertz CT molecular complexity index is 1490. The minimum absolute atomic E-state index is 0.0186. The maximum absolute atomic E-state index is 13.6. The molecule has 0 bridgehead atoms. The summed E-state index contributed by atoms with van der Waals surface area (Å²) in [5.41, 5.74) is 1.29. The summed E-state index contributed by atoms with van der Waals surface area (Å²) in [6, 6.07) is 18.6. The van der Waals surface area contributed by atoms with Gasteiger partial charge in [-0.3, -0.25) is 9.10 Å². The SMILES string of the molecule is COc1ccc(S(=O)(=O)N(CC(=O)Nc2ccc(S(=O)(=O)N3CCOCC3)cc2)c2ccccc2)cc1C. The van der Waals surface area contributed by atoms with Crippen LogP contribution in [0.1, 0.15) is 5.56 Å². The number of nitrogens with one attached hydrogen (secondary N) is 1. The molecule has 3 aromatic carbocycles. The Morgan fingerprint density at radius 3 is 2.18 bits per heavy atom. The number of hydrogen-bond acceptors (Lipinski definition) is 7. The largest absolute Gasteiger partial charge is 0.496 e. The van der Waals surface area contributed by atoms with Crippen molar-refractivity contribution in [1.82, 2.24) is 4.31 Å². The smallest absolute Gasteiger partial charge is 0.264 e. The molecular formula is C26H29N3O7S2. The molecule has 0 radical (unpaired) electrons. The van der Waals surface area contributed by atoms with Crippen molar-refractivity contribution in [2.75, 3.05) is 49.6 Å². The summed E-state index contributed by atoms with van der Waals surface area (Å²) < 4.78 is 65.7. The van der Waals surface area contributed by atoms with Gasteiger partial charge in [-0.05, 0) is 67.1 Å². The van der Waals surface area contributed by atoms with E-state index >= 15 is 0 Å². The molecule has 38 heavy (non-hydrogen) atoms. The number of carbonyl (C=O) groups excluding carboxylic acids is 1. The summed E-state index contributed by atoms with van der Waals surface area (Å²) in [6.45, 7) is 2.47. The number of nitrogens with zero attached hydrogens (tertiary/aromatic N) is 2. The predicted octanol–water partition coefficient (Wildman–Crippen LogP) is 2.86. The summed E-state index contributed by atoms with van der Waals surface area (Å²) in [4.78, 5) is 13.1. The van der Waals surface area contributed by atoms with Gasteiger partial charge >= 0.3 is 0 Å². The first-order valence-corrected chi connectivity index (χ1v) is 14.7. The van der Waals surface area contributed by atoms with Crippen LogP contribution in [-0.2, 0) is 29.6 Å². The lowest BCUT2D eigenvalue weighted by Crippen LogP contribution is -2.40.